The molecule has 0 saturated heterocycles. The SMILES string of the molecule is COCC(CNC(=O)C(=O)NCC#N)OC. The zero-order valence-corrected chi connectivity index (χ0v) is 9.28. The fraction of sp³-hybridized carbons (Fsp3) is 0.667. The van der Waals surface area contributed by atoms with E-state index in [1.54, 1.807) is 6.07 Å². The van der Waals surface area contributed by atoms with E-state index in [1.807, 2.05) is 0 Å². The normalized spacial score (nSPS) is 11.3. The molecule has 0 rings (SSSR count). The van der Waals surface area contributed by atoms with Gasteiger partial charge in [-0.05, 0) is 0 Å². The lowest BCUT2D eigenvalue weighted by molar-refractivity contribution is -0.139. The summed E-state index contributed by atoms with van der Waals surface area (Å²) in [5.41, 5.74) is 0. The number of carbonyl (C=O) groups excluding carboxylic acids is 2. The van der Waals surface area contributed by atoms with Crippen molar-refractivity contribution < 1.29 is 19.1 Å². The zero-order valence-electron chi connectivity index (χ0n) is 9.28. The second-order valence-electron chi connectivity index (χ2n) is 2.86. The summed E-state index contributed by atoms with van der Waals surface area (Å²) in [6, 6.07) is 1.69. The Balaban J connectivity index is 3.87. The molecule has 1 unspecified atom stereocenters. The Hall–Kier alpha value is -1.65. The first-order chi connectivity index (χ1) is 7.65. The van der Waals surface area contributed by atoms with Crippen LogP contribution in [0.5, 0.6) is 0 Å². The minimum atomic E-state index is -0.839. The Morgan fingerprint density at radius 2 is 1.94 bits per heavy atom. The number of nitriles is 1. The number of hydrogen-bond donors (Lipinski definition) is 2. The molecule has 0 aliphatic carbocycles. The molecule has 0 saturated carbocycles. The highest BCUT2D eigenvalue weighted by atomic mass is 16.5. The molecule has 0 fully saturated rings. The summed E-state index contributed by atoms with van der Waals surface area (Å²) < 4.78 is 9.81. The highest BCUT2D eigenvalue weighted by Crippen LogP contribution is 1.88. The topological polar surface area (TPSA) is 100 Å². The van der Waals surface area contributed by atoms with E-state index in [1.165, 1.54) is 14.2 Å². The summed E-state index contributed by atoms with van der Waals surface area (Å²) in [6.07, 6.45) is -0.308. The minimum Gasteiger partial charge on any atom is -0.382 e. The summed E-state index contributed by atoms with van der Waals surface area (Å²) in [4.78, 5) is 22.2. The largest absolute Gasteiger partial charge is 0.382 e. The second kappa shape index (κ2) is 8.64. The number of amides is 2. The predicted molar refractivity (Wildman–Crippen MR) is 54.3 cm³/mol. The molecule has 0 aromatic rings. The van der Waals surface area contributed by atoms with Crippen LogP contribution in [0.1, 0.15) is 0 Å². The highest BCUT2D eigenvalue weighted by molar-refractivity contribution is 6.35. The average Bonchev–Trinajstić information content (AvgIpc) is 2.30. The average molecular weight is 229 g/mol. The van der Waals surface area contributed by atoms with Crippen LogP contribution in [0.3, 0.4) is 0 Å². The van der Waals surface area contributed by atoms with Crippen molar-refractivity contribution in [2.24, 2.45) is 0 Å². The van der Waals surface area contributed by atoms with Gasteiger partial charge in [0.15, 0.2) is 0 Å². The molecule has 2 N–H and O–H groups in total. The first kappa shape index (κ1) is 14.3. The van der Waals surface area contributed by atoms with Crippen LogP contribution in [0.25, 0.3) is 0 Å². The molecule has 0 aromatic carbocycles. The number of hydrogen-bond acceptors (Lipinski definition) is 5. The molecule has 0 aliphatic heterocycles. The third kappa shape index (κ3) is 5.95. The van der Waals surface area contributed by atoms with Gasteiger partial charge in [-0.1, -0.05) is 0 Å². The molecule has 90 valence electrons. The Morgan fingerprint density at radius 1 is 1.31 bits per heavy atom. The molecule has 0 aromatic heterocycles. The number of nitrogens with one attached hydrogen (secondary N) is 2. The van der Waals surface area contributed by atoms with Crippen molar-refractivity contribution in [1.29, 1.82) is 5.26 Å². The molecular weight excluding hydrogens is 214 g/mol. The predicted octanol–water partition coefficient (Wildman–Crippen LogP) is -1.60. The van der Waals surface area contributed by atoms with E-state index in [0.29, 0.717) is 6.61 Å². The molecule has 0 spiro atoms. The monoisotopic (exact) mass is 229 g/mol. The van der Waals surface area contributed by atoms with Gasteiger partial charge in [-0.15, -0.1) is 0 Å². The maximum atomic E-state index is 11.1. The van der Waals surface area contributed by atoms with Crippen LogP contribution >= 0.6 is 0 Å². The molecule has 0 aliphatic rings. The molecule has 1 atom stereocenters. The van der Waals surface area contributed by atoms with Gasteiger partial charge in [0, 0.05) is 20.8 Å². The van der Waals surface area contributed by atoms with Gasteiger partial charge in [0.05, 0.1) is 18.8 Å². The number of ether oxygens (including phenoxy) is 2. The van der Waals surface area contributed by atoms with Crippen molar-refractivity contribution in [3.05, 3.63) is 0 Å². The summed E-state index contributed by atoms with van der Waals surface area (Å²) in [5.74, 6) is -1.64. The van der Waals surface area contributed by atoms with E-state index in [2.05, 4.69) is 10.6 Å². The quantitative estimate of drug-likeness (QED) is 0.422. The van der Waals surface area contributed by atoms with Gasteiger partial charge in [0.1, 0.15) is 6.54 Å². The fourth-order valence-corrected chi connectivity index (χ4v) is 0.883. The summed E-state index contributed by atoms with van der Waals surface area (Å²) in [7, 11) is 2.99. The Morgan fingerprint density at radius 3 is 2.44 bits per heavy atom. The number of rotatable bonds is 6. The van der Waals surface area contributed by atoms with Crippen molar-refractivity contribution in [2.45, 2.75) is 6.10 Å². The lowest BCUT2D eigenvalue weighted by atomic mass is 10.3. The first-order valence-electron chi connectivity index (χ1n) is 4.60. The van der Waals surface area contributed by atoms with Gasteiger partial charge >= 0.3 is 11.8 Å². The van der Waals surface area contributed by atoms with Gasteiger partial charge in [0.2, 0.25) is 0 Å². The molecule has 7 heteroatoms. The van der Waals surface area contributed by atoms with Crippen LogP contribution in [0.4, 0.5) is 0 Å². The van der Waals surface area contributed by atoms with Crippen LogP contribution < -0.4 is 10.6 Å². The molecule has 2 amide bonds. The van der Waals surface area contributed by atoms with E-state index in [0.717, 1.165) is 0 Å². The van der Waals surface area contributed by atoms with Crippen LogP contribution in [-0.4, -0.2) is 51.8 Å². The van der Waals surface area contributed by atoms with Crippen LogP contribution in [0.2, 0.25) is 0 Å². The van der Waals surface area contributed by atoms with Crippen molar-refractivity contribution in [3.8, 4) is 6.07 Å². The lowest BCUT2D eigenvalue weighted by Gasteiger charge is -2.14. The maximum Gasteiger partial charge on any atom is 0.310 e. The number of carbonyl (C=O) groups is 2. The summed E-state index contributed by atoms with van der Waals surface area (Å²) in [6.45, 7) is 0.289. The van der Waals surface area contributed by atoms with Gasteiger partial charge in [-0.2, -0.15) is 5.26 Å². The van der Waals surface area contributed by atoms with Gasteiger partial charge in [-0.3, -0.25) is 9.59 Å². The number of methoxy groups -OCH3 is 2. The van der Waals surface area contributed by atoms with E-state index >= 15 is 0 Å². The minimum absolute atomic E-state index is 0.170. The van der Waals surface area contributed by atoms with Crippen LogP contribution in [0.15, 0.2) is 0 Å². The second-order valence-corrected chi connectivity index (χ2v) is 2.86. The molecule has 7 nitrogen and oxygen atoms in total. The van der Waals surface area contributed by atoms with Crippen molar-refractivity contribution in [1.82, 2.24) is 10.6 Å². The standard InChI is InChI=1S/C9H15N3O4/c1-15-6-7(16-2)5-12-9(14)8(13)11-4-3-10/h7H,4-6H2,1-2H3,(H,11,13)(H,12,14). The highest BCUT2D eigenvalue weighted by Gasteiger charge is 2.14. The van der Waals surface area contributed by atoms with Crippen molar-refractivity contribution >= 4 is 11.8 Å². The summed E-state index contributed by atoms with van der Waals surface area (Å²) >= 11 is 0. The Bertz CT molecular complexity index is 274. The summed E-state index contributed by atoms with van der Waals surface area (Å²) in [5, 5.41) is 12.7. The number of nitrogens with zero attached hydrogens (tertiary/aromatic N) is 1. The third-order valence-electron chi connectivity index (χ3n) is 1.71. The van der Waals surface area contributed by atoms with Crippen molar-refractivity contribution in [3.63, 3.8) is 0 Å². The third-order valence-corrected chi connectivity index (χ3v) is 1.71. The molecule has 16 heavy (non-hydrogen) atoms. The van der Waals surface area contributed by atoms with E-state index in [-0.39, 0.29) is 19.2 Å². The van der Waals surface area contributed by atoms with E-state index < -0.39 is 11.8 Å². The van der Waals surface area contributed by atoms with E-state index in [4.69, 9.17) is 14.7 Å². The zero-order chi connectivity index (χ0) is 12.4. The van der Waals surface area contributed by atoms with E-state index in [9.17, 15) is 9.59 Å². The maximum absolute atomic E-state index is 11.1. The Kier molecular flexibility index (Phi) is 7.75. The van der Waals surface area contributed by atoms with Crippen LogP contribution in [-0.2, 0) is 19.1 Å². The van der Waals surface area contributed by atoms with Gasteiger partial charge in [-0.25, -0.2) is 0 Å². The lowest BCUT2D eigenvalue weighted by Crippen LogP contribution is -2.44. The molecule has 0 heterocycles. The first-order valence-corrected chi connectivity index (χ1v) is 4.60. The Labute approximate surface area is 93.7 Å². The van der Waals surface area contributed by atoms with Gasteiger partial charge < -0.3 is 20.1 Å². The van der Waals surface area contributed by atoms with Crippen molar-refractivity contribution in [2.75, 3.05) is 33.9 Å². The van der Waals surface area contributed by atoms with Gasteiger partial charge in [0.25, 0.3) is 0 Å². The molecule has 0 radical (unpaired) electrons. The smallest absolute Gasteiger partial charge is 0.310 e. The molecular formula is C9H15N3O4. The fourth-order valence-electron chi connectivity index (χ4n) is 0.883. The molecule has 0 bridgehead atoms. The van der Waals surface area contributed by atoms with Crippen LogP contribution in [0, 0.1) is 11.3 Å².